The number of imide groups is 2. The fourth-order valence-corrected chi connectivity index (χ4v) is 10.6. The minimum Gasteiger partial charge on any atom is -0.492 e. The van der Waals surface area contributed by atoms with Crippen LogP contribution in [-0.4, -0.2) is 152 Å². The summed E-state index contributed by atoms with van der Waals surface area (Å²) >= 11 is 1.56. The van der Waals surface area contributed by atoms with Crippen LogP contribution in [0.3, 0.4) is 0 Å². The number of thioether (sulfide) groups is 1. The summed E-state index contributed by atoms with van der Waals surface area (Å²) in [5.41, 5.74) is 1.09. The monoisotopic (exact) mass is 924 g/mol. The SMILES string of the molecule is CS(=O)(=O)N1CCC(C(=O)N[C@@H](CCOCCCC(=O)NC2CCN(CCOc3ccc4c(c3)C(=O)N(C3CCC(=O)NC3=O)C4=O)CC2)C(=O)NC2NC(c3ccccc3)CS2)C1. The largest absolute Gasteiger partial charge is 0.492 e. The summed E-state index contributed by atoms with van der Waals surface area (Å²) in [5, 5.41) is 14.6. The summed E-state index contributed by atoms with van der Waals surface area (Å²) in [7, 11) is -3.44. The molecule has 64 heavy (non-hydrogen) atoms. The molecule has 2 aromatic carbocycles. The predicted octanol–water partition coefficient (Wildman–Crippen LogP) is 0.478. The highest BCUT2D eigenvalue weighted by molar-refractivity contribution is 8.00. The van der Waals surface area contributed by atoms with Gasteiger partial charge in [0.25, 0.3) is 11.8 Å². The topological polar surface area (TPSA) is 242 Å². The van der Waals surface area contributed by atoms with E-state index in [1.165, 1.54) is 16.4 Å². The number of hydrogen-bond acceptors (Lipinski definition) is 14. The number of sulfonamides is 1. The number of carbonyl (C=O) groups excluding carboxylic acids is 7. The summed E-state index contributed by atoms with van der Waals surface area (Å²) < 4.78 is 37.1. The van der Waals surface area contributed by atoms with E-state index < -0.39 is 51.7 Å². The van der Waals surface area contributed by atoms with Gasteiger partial charge in [0.2, 0.25) is 39.6 Å². The molecule has 346 valence electrons. The molecule has 7 amide bonds. The molecule has 7 rings (SSSR count). The van der Waals surface area contributed by atoms with E-state index >= 15 is 0 Å². The second-order valence-corrected chi connectivity index (χ2v) is 19.8. The molecule has 5 heterocycles. The van der Waals surface area contributed by atoms with Gasteiger partial charge in [0.1, 0.15) is 29.9 Å². The Morgan fingerprint density at radius 3 is 2.41 bits per heavy atom. The number of benzene rings is 2. The number of rotatable bonds is 19. The van der Waals surface area contributed by atoms with E-state index in [9.17, 15) is 42.0 Å². The Labute approximate surface area is 376 Å². The van der Waals surface area contributed by atoms with Crippen molar-refractivity contribution >= 4 is 63.1 Å². The Morgan fingerprint density at radius 1 is 0.906 bits per heavy atom. The molecule has 0 aliphatic carbocycles. The number of ether oxygens (including phenoxy) is 2. The van der Waals surface area contributed by atoms with Gasteiger partial charge in [0.15, 0.2) is 0 Å². The number of amides is 7. The first-order valence-electron chi connectivity index (χ1n) is 21.8. The number of nitrogens with one attached hydrogen (secondary N) is 5. The highest BCUT2D eigenvalue weighted by Crippen LogP contribution is 2.31. The zero-order valence-electron chi connectivity index (χ0n) is 35.8. The fraction of sp³-hybridized carbons (Fsp3) is 0.558. The van der Waals surface area contributed by atoms with Crippen molar-refractivity contribution in [3.05, 3.63) is 65.2 Å². The van der Waals surface area contributed by atoms with Crippen molar-refractivity contribution in [1.29, 1.82) is 0 Å². The summed E-state index contributed by atoms with van der Waals surface area (Å²) in [6, 6.07) is 12.7. The van der Waals surface area contributed by atoms with E-state index in [4.69, 9.17) is 9.47 Å². The Hall–Kier alpha value is -4.93. The second-order valence-electron chi connectivity index (χ2n) is 16.7. The maximum Gasteiger partial charge on any atom is 0.262 e. The van der Waals surface area contributed by atoms with E-state index in [-0.39, 0.29) is 98.4 Å². The van der Waals surface area contributed by atoms with Crippen LogP contribution in [0, 0.1) is 5.92 Å². The Morgan fingerprint density at radius 2 is 1.67 bits per heavy atom. The molecule has 0 saturated carbocycles. The highest BCUT2D eigenvalue weighted by atomic mass is 32.2. The first kappa shape index (κ1) is 47.0. The maximum atomic E-state index is 13.5. The minimum absolute atomic E-state index is 0.0286. The molecule has 2 aromatic rings. The Bertz CT molecular complexity index is 2190. The molecule has 19 nitrogen and oxygen atoms in total. The molecule has 4 unspecified atom stereocenters. The summed E-state index contributed by atoms with van der Waals surface area (Å²) in [6.07, 6.45) is 4.05. The molecule has 0 spiro atoms. The molecule has 5 aliphatic heterocycles. The highest BCUT2D eigenvalue weighted by Gasteiger charge is 2.45. The molecule has 5 N–H and O–H groups in total. The predicted molar refractivity (Wildman–Crippen MR) is 234 cm³/mol. The molecule has 0 radical (unpaired) electrons. The van der Waals surface area contributed by atoms with Crippen molar-refractivity contribution in [2.24, 2.45) is 5.92 Å². The summed E-state index contributed by atoms with van der Waals surface area (Å²) in [6.45, 7) is 3.21. The Balaban J connectivity index is 0.783. The number of carbonyl (C=O) groups is 7. The normalized spacial score (nSPS) is 23.7. The van der Waals surface area contributed by atoms with Crippen molar-refractivity contribution in [2.75, 3.05) is 64.6 Å². The van der Waals surface area contributed by atoms with Gasteiger partial charge in [-0.2, -0.15) is 0 Å². The number of hydrogen-bond donors (Lipinski definition) is 5. The molecule has 4 fully saturated rings. The summed E-state index contributed by atoms with van der Waals surface area (Å²) in [4.78, 5) is 92.7. The Kier molecular flexibility index (Phi) is 15.7. The van der Waals surface area contributed by atoms with Gasteiger partial charge in [-0.1, -0.05) is 30.3 Å². The lowest BCUT2D eigenvalue weighted by molar-refractivity contribution is -0.136. The average molecular weight is 925 g/mol. The molecule has 0 aromatic heterocycles. The number of likely N-dealkylation sites (tertiary alicyclic amines) is 1. The molecule has 4 saturated heterocycles. The smallest absolute Gasteiger partial charge is 0.262 e. The lowest BCUT2D eigenvalue weighted by Gasteiger charge is -2.32. The molecular weight excluding hydrogens is 869 g/mol. The van der Waals surface area contributed by atoms with Crippen LogP contribution in [0.1, 0.15) is 83.7 Å². The van der Waals surface area contributed by atoms with Crippen molar-refractivity contribution in [2.45, 2.75) is 81.0 Å². The third kappa shape index (κ3) is 12.0. The molecule has 21 heteroatoms. The maximum absolute atomic E-state index is 13.5. The van der Waals surface area contributed by atoms with E-state index in [1.807, 2.05) is 30.3 Å². The third-order valence-corrected chi connectivity index (χ3v) is 14.5. The van der Waals surface area contributed by atoms with Gasteiger partial charge in [-0.25, -0.2) is 12.7 Å². The van der Waals surface area contributed by atoms with Gasteiger partial charge < -0.3 is 25.4 Å². The van der Waals surface area contributed by atoms with Gasteiger partial charge in [0.05, 0.1) is 23.3 Å². The van der Waals surface area contributed by atoms with Gasteiger partial charge in [-0.3, -0.25) is 54.0 Å². The third-order valence-electron chi connectivity index (χ3n) is 12.2. The number of fused-ring (bicyclic) bond motifs is 1. The average Bonchev–Trinajstić information content (AvgIpc) is 4.02. The molecule has 5 aliphatic rings. The quantitative estimate of drug-likeness (QED) is 0.0952. The van der Waals surface area contributed by atoms with Gasteiger partial charge >= 0.3 is 0 Å². The van der Waals surface area contributed by atoms with Crippen LogP contribution in [0.15, 0.2) is 48.5 Å². The van der Waals surface area contributed by atoms with E-state index in [0.717, 1.165) is 48.4 Å². The van der Waals surface area contributed by atoms with Gasteiger partial charge in [0, 0.05) is 76.6 Å². The summed E-state index contributed by atoms with van der Waals surface area (Å²) in [5.74, 6) is -2.48. The molecule has 0 bridgehead atoms. The lowest BCUT2D eigenvalue weighted by Crippen LogP contribution is -2.54. The molecular formula is C43H56N8O11S2. The first-order chi connectivity index (χ1) is 30.7. The van der Waals surface area contributed by atoms with Crippen LogP contribution in [-0.2, 0) is 38.7 Å². The van der Waals surface area contributed by atoms with E-state index in [0.29, 0.717) is 31.7 Å². The first-order valence-corrected chi connectivity index (χ1v) is 24.7. The van der Waals surface area contributed by atoms with Crippen LogP contribution in [0.25, 0.3) is 0 Å². The fourth-order valence-electron chi connectivity index (χ4n) is 8.54. The van der Waals surface area contributed by atoms with Crippen molar-refractivity contribution in [3.63, 3.8) is 0 Å². The zero-order chi connectivity index (χ0) is 45.4. The van der Waals surface area contributed by atoms with Gasteiger partial charge in [-0.15, -0.1) is 11.8 Å². The van der Waals surface area contributed by atoms with Crippen molar-refractivity contribution in [1.82, 2.24) is 40.7 Å². The zero-order valence-corrected chi connectivity index (χ0v) is 37.4. The number of nitrogens with zero attached hydrogens (tertiary/aromatic N) is 3. The van der Waals surface area contributed by atoms with E-state index in [1.54, 1.807) is 17.8 Å². The van der Waals surface area contributed by atoms with Crippen molar-refractivity contribution in [3.8, 4) is 5.75 Å². The lowest BCUT2D eigenvalue weighted by atomic mass is 10.0. The van der Waals surface area contributed by atoms with Crippen LogP contribution in [0.4, 0.5) is 0 Å². The standard InChI is InChI=1S/C43H56N8O11S2/c1-64(59,60)50-19-13-28(25-50)38(54)45-33(39(55)48-43-46-34(26-63-43)27-6-3-2-4-7-27)16-22-61-21-5-8-36(52)44-29-14-17-49(18-15-29)20-23-62-30-9-10-31-32(24-30)42(58)51(41(31)57)35-11-12-37(53)47-40(35)56/h2-4,6-7,9-10,24,28-29,33-35,43,46H,5,8,11-23,25-26H2,1H3,(H,44,52)(H,45,54)(H,48,55)(H,47,53,56)/t28?,33-,34?,35?,43?/m0/s1. The van der Waals surface area contributed by atoms with Crippen LogP contribution < -0.4 is 31.3 Å². The van der Waals surface area contributed by atoms with Crippen LogP contribution >= 0.6 is 11.8 Å². The molecule has 5 atom stereocenters. The van der Waals surface area contributed by atoms with E-state index in [2.05, 4.69) is 31.5 Å². The minimum atomic E-state index is -3.44. The number of piperidine rings is 2. The van der Waals surface area contributed by atoms with Crippen molar-refractivity contribution < 1.29 is 51.5 Å². The van der Waals surface area contributed by atoms with Crippen LogP contribution in [0.2, 0.25) is 0 Å². The van der Waals surface area contributed by atoms with Gasteiger partial charge in [-0.05, 0) is 62.3 Å². The van der Waals surface area contributed by atoms with Crippen LogP contribution in [0.5, 0.6) is 5.75 Å². The second kappa shape index (κ2) is 21.4.